The van der Waals surface area contributed by atoms with Crippen molar-refractivity contribution in [2.75, 3.05) is 6.61 Å². The smallest absolute Gasteiger partial charge is 0.330 e. The number of nitrogens with zero attached hydrogens (tertiary/aromatic N) is 5. The number of fused-ring (bicyclic) bond motifs is 5. The Balaban J connectivity index is 1.27. The minimum Gasteiger partial charge on any atom is -0.394 e. The summed E-state index contributed by atoms with van der Waals surface area (Å²) in [6, 6.07) is 13.9. The van der Waals surface area contributed by atoms with Gasteiger partial charge in [-0.25, -0.2) is 9.48 Å². The van der Waals surface area contributed by atoms with Crippen LogP contribution in [0.2, 0.25) is 0 Å². The molecule has 206 valence electrons. The third kappa shape index (κ3) is 3.83. The SMILES string of the molecule is Cc1cn([C@H]2C[C@H](n3cc(Cn4c5c(c6ccccc6c4=O)C(=O)c4ccccc4-5)nn3)[C@@H](CO)O2)c(=O)[nH]c1=O. The summed E-state index contributed by atoms with van der Waals surface area (Å²) in [6.07, 6.45) is 1.97. The molecule has 12 nitrogen and oxygen atoms in total. The van der Waals surface area contributed by atoms with Gasteiger partial charge in [0.25, 0.3) is 11.1 Å². The monoisotopic (exact) mass is 552 g/mol. The van der Waals surface area contributed by atoms with Crippen molar-refractivity contribution in [2.45, 2.75) is 38.3 Å². The maximum atomic E-state index is 13.7. The third-order valence-corrected chi connectivity index (χ3v) is 7.89. The van der Waals surface area contributed by atoms with Crippen LogP contribution in [0.3, 0.4) is 0 Å². The summed E-state index contributed by atoms with van der Waals surface area (Å²) >= 11 is 0. The van der Waals surface area contributed by atoms with E-state index in [4.69, 9.17) is 4.74 Å². The highest BCUT2D eigenvalue weighted by Gasteiger charge is 2.39. The molecule has 4 heterocycles. The normalized spacial score (nSPS) is 19.6. The van der Waals surface area contributed by atoms with Crippen LogP contribution in [0.25, 0.3) is 22.0 Å². The molecule has 3 atom stereocenters. The summed E-state index contributed by atoms with van der Waals surface area (Å²) in [5.74, 6) is -0.128. The van der Waals surface area contributed by atoms with E-state index in [0.717, 1.165) is 0 Å². The fraction of sp³-hybridized carbons (Fsp3) is 0.241. The highest BCUT2D eigenvalue weighted by atomic mass is 16.5. The standard InChI is InChI=1S/C29H24N6O6/c1-15-11-33(29(40)30-27(15)38)23-10-21(22(14-36)41-23)35-13-16(31-32-35)12-34-25-18-7-3-4-8-19(18)26(37)24(25)17-6-2-5-9-20(17)28(34)39/h2-9,11,13,21-23,36H,10,12,14H2,1H3,(H,30,38,40)/t21-,22+,23+/m0/s1. The summed E-state index contributed by atoms with van der Waals surface area (Å²) in [7, 11) is 0. The van der Waals surface area contributed by atoms with Gasteiger partial charge in [0.2, 0.25) is 0 Å². The first-order chi connectivity index (χ1) is 19.9. The maximum absolute atomic E-state index is 13.7. The molecule has 1 saturated heterocycles. The second kappa shape index (κ2) is 9.32. The molecule has 5 aromatic rings. The van der Waals surface area contributed by atoms with Crippen LogP contribution in [-0.2, 0) is 11.3 Å². The molecule has 2 aliphatic rings. The van der Waals surface area contributed by atoms with E-state index >= 15 is 0 Å². The molecule has 12 heteroatoms. The Kier molecular flexibility index (Phi) is 5.70. The lowest BCUT2D eigenvalue weighted by molar-refractivity contribution is -0.0323. The number of aryl methyl sites for hydroxylation is 1. The van der Waals surface area contributed by atoms with Crippen LogP contribution in [0, 0.1) is 6.92 Å². The van der Waals surface area contributed by atoms with E-state index in [2.05, 4.69) is 15.3 Å². The number of aromatic amines is 1. The van der Waals surface area contributed by atoms with Crippen LogP contribution < -0.4 is 16.8 Å². The van der Waals surface area contributed by atoms with Crippen molar-refractivity contribution in [3.8, 4) is 11.3 Å². The zero-order valence-electron chi connectivity index (χ0n) is 21.9. The number of carbonyl (C=O) groups is 1. The molecule has 0 spiro atoms. The van der Waals surface area contributed by atoms with Gasteiger partial charge in [-0.2, -0.15) is 0 Å². The predicted octanol–water partition coefficient (Wildman–Crippen LogP) is 1.53. The second-order valence-electron chi connectivity index (χ2n) is 10.3. The van der Waals surface area contributed by atoms with Gasteiger partial charge < -0.3 is 14.4 Å². The molecule has 3 aromatic heterocycles. The number of ether oxygens (including phenoxy) is 1. The van der Waals surface area contributed by atoms with Gasteiger partial charge in [-0.15, -0.1) is 5.10 Å². The van der Waals surface area contributed by atoms with E-state index in [1.165, 1.54) is 10.8 Å². The largest absolute Gasteiger partial charge is 0.394 e. The highest BCUT2D eigenvalue weighted by Crippen LogP contribution is 2.39. The van der Waals surface area contributed by atoms with Crippen LogP contribution in [0.5, 0.6) is 0 Å². The van der Waals surface area contributed by atoms with Gasteiger partial charge in [0.15, 0.2) is 5.78 Å². The second-order valence-corrected chi connectivity index (χ2v) is 10.3. The average molecular weight is 553 g/mol. The lowest BCUT2D eigenvalue weighted by Crippen LogP contribution is -2.33. The summed E-state index contributed by atoms with van der Waals surface area (Å²) in [5, 5.41) is 19.6. The van der Waals surface area contributed by atoms with E-state index in [-0.39, 0.29) is 30.9 Å². The number of pyridine rings is 1. The maximum Gasteiger partial charge on any atom is 0.330 e. The van der Waals surface area contributed by atoms with Gasteiger partial charge in [-0.3, -0.25) is 23.9 Å². The van der Waals surface area contributed by atoms with Crippen molar-refractivity contribution in [1.29, 1.82) is 0 Å². The Hall–Kier alpha value is -4.94. The fourth-order valence-corrected chi connectivity index (χ4v) is 5.92. The first kappa shape index (κ1) is 25.1. The number of aliphatic hydroxyl groups is 1. The Labute approximate surface area is 231 Å². The molecule has 41 heavy (non-hydrogen) atoms. The zero-order valence-corrected chi connectivity index (χ0v) is 21.9. The van der Waals surface area contributed by atoms with E-state index in [9.17, 15) is 24.3 Å². The number of hydrogen-bond acceptors (Lipinski definition) is 8. The predicted molar refractivity (Wildman–Crippen MR) is 147 cm³/mol. The van der Waals surface area contributed by atoms with E-state index < -0.39 is 29.6 Å². The molecule has 0 unspecified atom stereocenters. The Morgan fingerprint density at radius 3 is 2.51 bits per heavy atom. The number of carbonyl (C=O) groups excluding carboxylic acids is 1. The zero-order chi connectivity index (χ0) is 28.4. The molecule has 0 radical (unpaired) electrons. The quantitative estimate of drug-likeness (QED) is 0.326. The fourth-order valence-electron chi connectivity index (χ4n) is 5.92. The number of aromatic nitrogens is 6. The molecule has 2 N–H and O–H groups in total. The lowest BCUT2D eigenvalue weighted by Gasteiger charge is -2.15. The van der Waals surface area contributed by atoms with Crippen LogP contribution >= 0.6 is 0 Å². The number of ketones is 1. The van der Waals surface area contributed by atoms with E-state index in [1.807, 2.05) is 18.2 Å². The van der Waals surface area contributed by atoms with Gasteiger partial charge in [-0.1, -0.05) is 47.7 Å². The average Bonchev–Trinajstić information content (AvgIpc) is 3.69. The van der Waals surface area contributed by atoms with E-state index in [0.29, 0.717) is 44.4 Å². The van der Waals surface area contributed by atoms with Crippen molar-refractivity contribution >= 4 is 16.6 Å². The van der Waals surface area contributed by atoms with Crippen LogP contribution in [0.15, 0.2) is 75.3 Å². The summed E-state index contributed by atoms with van der Waals surface area (Å²) < 4.78 is 10.4. The summed E-state index contributed by atoms with van der Waals surface area (Å²) in [4.78, 5) is 53.7. The number of hydrogen-bond donors (Lipinski definition) is 2. The van der Waals surface area contributed by atoms with Crippen LogP contribution in [0.1, 0.15) is 45.9 Å². The first-order valence-corrected chi connectivity index (χ1v) is 13.1. The van der Waals surface area contributed by atoms with Crippen molar-refractivity contribution in [3.05, 3.63) is 115 Å². The molecule has 1 aliphatic heterocycles. The van der Waals surface area contributed by atoms with Crippen LogP contribution in [-0.4, -0.2) is 52.7 Å². The molecule has 1 aliphatic carbocycles. The van der Waals surface area contributed by atoms with Gasteiger partial charge in [0, 0.05) is 40.1 Å². The highest BCUT2D eigenvalue weighted by molar-refractivity contribution is 6.26. The number of aliphatic hydroxyl groups excluding tert-OH is 1. The van der Waals surface area contributed by atoms with Crippen LogP contribution in [0.4, 0.5) is 0 Å². The number of H-pyrrole nitrogens is 1. The Morgan fingerprint density at radius 2 is 1.73 bits per heavy atom. The van der Waals surface area contributed by atoms with Gasteiger partial charge in [0.1, 0.15) is 18.0 Å². The molecule has 0 amide bonds. The summed E-state index contributed by atoms with van der Waals surface area (Å²) in [6.45, 7) is 1.32. The van der Waals surface area contributed by atoms with Gasteiger partial charge in [-0.05, 0) is 13.0 Å². The molecule has 7 rings (SSSR count). The first-order valence-electron chi connectivity index (χ1n) is 13.1. The molecule has 2 aromatic carbocycles. The van der Waals surface area contributed by atoms with Gasteiger partial charge in [0.05, 0.1) is 36.6 Å². The minimum absolute atomic E-state index is 0.0625. The van der Waals surface area contributed by atoms with Crippen molar-refractivity contribution < 1.29 is 14.6 Å². The molecular weight excluding hydrogens is 528 g/mol. The minimum atomic E-state index is -0.734. The van der Waals surface area contributed by atoms with Crippen molar-refractivity contribution in [3.63, 3.8) is 0 Å². The van der Waals surface area contributed by atoms with E-state index in [1.54, 1.807) is 52.7 Å². The summed E-state index contributed by atoms with van der Waals surface area (Å²) in [5.41, 5.74) is 1.77. The Morgan fingerprint density at radius 1 is 1.00 bits per heavy atom. The topological polar surface area (TPSA) is 154 Å². The lowest BCUT2D eigenvalue weighted by atomic mass is 10.0. The number of benzene rings is 2. The molecular formula is C29H24N6O6. The number of nitrogens with one attached hydrogen (secondary N) is 1. The Bertz CT molecular complexity index is 2050. The van der Waals surface area contributed by atoms with Gasteiger partial charge >= 0.3 is 5.69 Å². The number of rotatable bonds is 5. The molecule has 0 bridgehead atoms. The molecule has 1 fully saturated rings. The third-order valence-electron chi connectivity index (χ3n) is 7.89. The van der Waals surface area contributed by atoms with Crippen molar-refractivity contribution in [2.24, 2.45) is 0 Å². The van der Waals surface area contributed by atoms with Crippen molar-refractivity contribution in [1.82, 2.24) is 29.1 Å². The molecule has 0 saturated carbocycles.